The predicted molar refractivity (Wildman–Crippen MR) is 125 cm³/mol. The third-order valence-corrected chi connectivity index (χ3v) is 6.00. The number of hydrogen-bond donors (Lipinski definition) is 2. The lowest BCUT2D eigenvalue weighted by molar-refractivity contribution is 0.0794. The number of aliphatic hydroxyl groups excluding tert-OH is 1. The molecule has 0 atom stereocenters. The molecule has 30 heavy (non-hydrogen) atoms. The minimum Gasteiger partial charge on any atom is -0.393 e. The Kier molecular flexibility index (Phi) is 6.64. The number of anilines is 1. The molecule has 0 aliphatic carbocycles. The SMILES string of the molecule is CCn1c(C#CCNc2ccc(Cl)cc2)cc2c(CN3CCC(O)CC3)cccc21. The molecule has 1 aliphatic heterocycles. The van der Waals surface area contributed by atoms with Gasteiger partial charge in [-0.15, -0.1) is 0 Å². The summed E-state index contributed by atoms with van der Waals surface area (Å²) < 4.78 is 2.29. The number of aromatic nitrogens is 1. The molecule has 2 aromatic carbocycles. The van der Waals surface area contributed by atoms with Crippen LogP contribution in [0.15, 0.2) is 48.5 Å². The molecule has 4 rings (SSSR count). The average molecular weight is 422 g/mol. The molecule has 2 N–H and O–H groups in total. The summed E-state index contributed by atoms with van der Waals surface area (Å²) in [6.07, 6.45) is 1.59. The van der Waals surface area contributed by atoms with Gasteiger partial charge in [-0.25, -0.2) is 0 Å². The quantitative estimate of drug-likeness (QED) is 0.585. The van der Waals surface area contributed by atoms with Gasteiger partial charge in [0.15, 0.2) is 0 Å². The molecule has 2 heterocycles. The Balaban J connectivity index is 1.51. The first kappa shape index (κ1) is 20.8. The van der Waals surface area contributed by atoms with Gasteiger partial charge in [-0.1, -0.05) is 29.7 Å². The number of nitrogens with zero attached hydrogens (tertiary/aromatic N) is 2. The Hall–Kier alpha value is -2.45. The fourth-order valence-electron chi connectivity index (χ4n) is 4.10. The number of nitrogens with one attached hydrogen (secondary N) is 1. The number of hydrogen-bond acceptors (Lipinski definition) is 3. The first-order valence-electron chi connectivity index (χ1n) is 10.6. The van der Waals surface area contributed by atoms with Crippen LogP contribution >= 0.6 is 11.6 Å². The average Bonchev–Trinajstić information content (AvgIpc) is 3.12. The first-order chi connectivity index (χ1) is 14.6. The molecule has 0 bridgehead atoms. The van der Waals surface area contributed by atoms with Crippen LogP contribution in [0.25, 0.3) is 10.9 Å². The van der Waals surface area contributed by atoms with Crippen LogP contribution in [0.2, 0.25) is 5.02 Å². The molecule has 5 heteroatoms. The first-order valence-corrected chi connectivity index (χ1v) is 11.0. The monoisotopic (exact) mass is 421 g/mol. The number of rotatable bonds is 5. The van der Waals surface area contributed by atoms with E-state index in [0.717, 1.165) is 55.4 Å². The maximum atomic E-state index is 9.77. The third kappa shape index (κ3) is 4.82. The van der Waals surface area contributed by atoms with Crippen molar-refractivity contribution in [2.24, 2.45) is 0 Å². The van der Waals surface area contributed by atoms with Crippen LogP contribution < -0.4 is 5.32 Å². The van der Waals surface area contributed by atoms with Gasteiger partial charge in [0, 0.05) is 47.8 Å². The Bertz CT molecular complexity index is 1050. The normalized spacial score (nSPS) is 15.2. The van der Waals surface area contributed by atoms with Crippen molar-refractivity contribution < 1.29 is 5.11 Å². The van der Waals surface area contributed by atoms with Gasteiger partial charge in [0.25, 0.3) is 0 Å². The van der Waals surface area contributed by atoms with Crippen LogP contribution in [0, 0.1) is 11.8 Å². The van der Waals surface area contributed by atoms with Gasteiger partial charge < -0.3 is 15.0 Å². The summed E-state index contributed by atoms with van der Waals surface area (Å²) in [6, 6.07) is 16.4. The van der Waals surface area contributed by atoms with Gasteiger partial charge >= 0.3 is 0 Å². The smallest absolute Gasteiger partial charge is 0.0931 e. The van der Waals surface area contributed by atoms with Crippen LogP contribution in [-0.4, -0.2) is 40.3 Å². The van der Waals surface area contributed by atoms with Gasteiger partial charge in [-0.05, 0) is 67.6 Å². The molecular formula is C25H28ClN3O. The third-order valence-electron chi connectivity index (χ3n) is 5.74. The van der Waals surface area contributed by atoms with Crippen molar-refractivity contribution in [3.63, 3.8) is 0 Å². The topological polar surface area (TPSA) is 40.4 Å². The number of fused-ring (bicyclic) bond motifs is 1. The van der Waals surface area contributed by atoms with Gasteiger partial charge in [0.1, 0.15) is 0 Å². The summed E-state index contributed by atoms with van der Waals surface area (Å²) in [6.45, 7) is 6.45. The van der Waals surface area contributed by atoms with Crippen molar-refractivity contribution in [3.05, 3.63) is 64.8 Å². The van der Waals surface area contributed by atoms with E-state index >= 15 is 0 Å². The number of benzene rings is 2. The van der Waals surface area contributed by atoms with E-state index < -0.39 is 0 Å². The summed E-state index contributed by atoms with van der Waals surface area (Å²) >= 11 is 5.93. The number of aryl methyl sites for hydroxylation is 1. The molecule has 4 nitrogen and oxygen atoms in total. The van der Waals surface area contributed by atoms with Crippen molar-refractivity contribution >= 4 is 28.2 Å². The van der Waals surface area contributed by atoms with E-state index in [2.05, 4.69) is 57.8 Å². The summed E-state index contributed by atoms with van der Waals surface area (Å²) in [5, 5.41) is 15.1. The molecule has 1 aromatic heterocycles. The summed E-state index contributed by atoms with van der Waals surface area (Å²) in [7, 11) is 0. The van der Waals surface area contributed by atoms with E-state index in [0.29, 0.717) is 6.54 Å². The summed E-state index contributed by atoms with van der Waals surface area (Å²) in [5.74, 6) is 6.60. The Morgan fingerprint density at radius 1 is 1.13 bits per heavy atom. The van der Waals surface area contributed by atoms with Crippen molar-refractivity contribution in [2.45, 2.75) is 39.0 Å². The molecule has 156 valence electrons. The Morgan fingerprint density at radius 2 is 1.90 bits per heavy atom. The standard InChI is InChI=1S/C25H28ClN3O/c1-2-29-22(6-4-14-27-21-10-8-20(26)9-11-21)17-24-19(5-3-7-25(24)29)18-28-15-12-23(30)13-16-28/h3,5,7-11,17,23,27,30H,2,12-16,18H2,1H3. The zero-order valence-electron chi connectivity index (χ0n) is 17.4. The van der Waals surface area contributed by atoms with E-state index in [1.54, 1.807) is 0 Å². The molecule has 3 aromatic rings. The predicted octanol–water partition coefficient (Wildman–Crippen LogP) is 4.73. The second-order valence-electron chi connectivity index (χ2n) is 7.79. The lowest BCUT2D eigenvalue weighted by Crippen LogP contribution is -2.35. The number of halogens is 1. The lowest BCUT2D eigenvalue weighted by atomic mass is 10.1. The van der Waals surface area contributed by atoms with Crippen LogP contribution in [0.5, 0.6) is 0 Å². The van der Waals surface area contributed by atoms with Crippen molar-refractivity contribution in [2.75, 3.05) is 25.0 Å². The van der Waals surface area contributed by atoms with E-state index in [4.69, 9.17) is 11.6 Å². The number of aliphatic hydroxyl groups is 1. The van der Waals surface area contributed by atoms with Crippen molar-refractivity contribution in [1.29, 1.82) is 0 Å². The van der Waals surface area contributed by atoms with Crippen LogP contribution in [0.4, 0.5) is 5.69 Å². The molecule has 0 unspecified atom stereocenters. The summed E-state index contributed by atoms with van der Waals surface area (Å²) in [4.78, 5) is 2.44. The summed E-state index contributed by atoms with van der Waals surface area (Å²) in [5.41, 5.74) is 4.63. The fourth-order valence-corrected chi connectivity index (χ4v) is 4.22. The van der Waals surface area contributed by atoms with Crippen LogP contribution in [0.1, 0.15) is 31.0 Å². The zero-order chi connectivity index (χ0) is 20.9. The highest BCUT2D eigenvalue weighted by molar-refractivity contribution is 6.30. The second-order valence-corrected chi connectivity index (χ2v) is 8.23. The second kappa shape index (κ2) is 9.57. The van der Waals surface area contributed by atoms with Crippen LogP contribution in [-0.2, 0) is 13.1 Å². The maximum Gasteiger partial charge on any atom is 0.0931 e. The Labute approximate surface area is 183 Å². The van der Waals surface area contributed by atoms with E-state index in [1.165, 1.54) is 16.5 Å². The molecular weight excluding hydrogens is 394 g/mol. The highest BCUT2D eigenvalue weighted by Crippen LogP contribution is 2.25. The number of piperidine rings is 1. The molecule has 0 amide bonds. The Morgan fingerprint density at radius 3 is 2.63 bits per heavy atom. The minimum atomic E-state index is -0.137. The highest BCUT2D eigenvalue weighted by atomic mass is 35.5. The molecule has 0 radical (unpaired) electrons. The lowest BCUT2D eigenvalue weighted by Gasteiger charge is -2.29. The van der Waals surface area contributed by atoms with E-state index in [1.807, 2.05) is 24.3 Å². The van der Waals surface area contributed by atoms with Crippen molar-refractivity contribution in [3.8, 4) is 11.8 Å². The van der Waals surface area contributed by atoms with Gasteiger partial charge in [-0.2, -0.15) is 0 Å². The molecule has 1 saturated heterocycles. The largest absolute Gasteiger partial charge is 0.393 e. The van der Waals surface area contributed by atoms with Crippen molar-refractivity contribution in [1.82, 2.24) is 9.47 Å². The molecule has 1 aliphatic rings. The van der Waals surface area contributed by atoms with Crippen LogP contribution in [0.3, 0.4) is 0 Å². The maximum absolute atomic E-state index is 9.77. The highest BCUT2D eigenvalue weighted by Gasteiger charge is 2.18. The minimum absolute atomic E-state index is 0.137. The number of likely N-dealkylation sites (tertiary alicyclic amines) is 1. The molecule has 1 fully saturated rings. The zero-order valence-corrected chi connectivity index (χ0v) is 18.1. The van der Waals surface area contributed by atoms with Gasteiger partial charge in [-0.3, -0.25) is 4.90 Å². The van der Waals surface area contributed by atoms with Gasteiger partial charge in [0.2, 0.25) is 0 Å². The molecule has 0 saturated carbocycles. The van der Waals surface area contributed by atoms with E-state index in [-0.39, 0.29) is 6.10 Å². The fraction of sp³-hybridized carbons (Fsp3) is 0.360. The molecule has 0 spiro atoms. The van der Waals surface area contributed by atoms with E-state index in [9.17, 15) is 5.11 Å². The van der Waals surface area contributed by atoms with Gasteiger partial charge in [0.05, 0.1) is 18.3 Å².